The second-order valence-corrected chi connectivity index (χ2v) is 9.29. The lowest BCUT2D eigenvalue weighted by Gasteiger charge is -2.13. The highest BCUT2D eigenvalue weighted by molar-refractivity contribution is 14.1. The number of hydrogen-bond donors (Lipinski definition) is 1. The summed E-state index contributed by atoms with van der Waals surface area (Å²) < 4.78 is 66.4. The van der Waals surface area contributed by atoms with Gasteiger partial charge in [0.25, 0.3) is 5.69 Å². The monoisotopic (exact) mass is 635 g/mol. The summed E-state index contributed by atoms with van der Waals surface area (Å²) in [6.45, 7) is -2.10. The van der Waals surface area contributed by atoms with Crippen molar-refractivity contribution < 1.29 is 45.7 Å². The molecule has 0 unspecified atom stereocenters. The maximum absolute atomic E-state index is 13.3. The van der Waals surface area contributed by atoms with Gasteiger partial charge in [0.2, 0.25) is 0 Å². The minimum absolute atomic E-state index is 0.0992. The molecular weight excluding hydrogens is 627 g/mol. The van der Waals surface area contributed by atoms with Crippen LogP contribution in [-0.2, 0) is 14.9 Å². The van der Waals surface area contributed by atoms with E-state index in [1.807, 2.05) is 22.6 Å². The number of benzene rings is 2. The van der Waals surface area contributed by atoms with Crippen molar-refractivity contribution in [2.45, 2.75) is 5.25 Å². The number of rotatable bonds is 7. The number of nitrogens with zero attached hydrogens (tertiary/aromatic N) is 1. The molecule has 166 valence electrons. The molecule has 0 aliphatic carbocycles. The third-order valence-corrected chi connectivity index (χ3v) is 5.73. The van der Waals surface area contributed by atoms with Crippen molar-refractivity contribution in [2.75, 3.05) is 6.61 Å². The van der Waals surface area contributed by atoms with Crippen LogP contribution in [0.1, 0.15) is 20.7 Å². The third kappa shape index (κ3) is 6.14. The highest BCUT2D eigenvalue weighted by Crippen LogP contribution is 2.28. The molecule has 0 bridgehead atoms. The molecule has 2 rings (SSSR count). The highest BCUT2D eigenvalue weighted by Gasteiger charge is 2.46. The van der Waals surface area contributed by atoms with Crippen LogP contribution in [0.5, 0.6) is 5.75 Å². The number of alkyl halides is 2. The summed E-state index contributed by atoms with van der Waals surface area (Å²) in [4.78, 5) is 34.5. The van der Waals surface area contributed by atoms with Crippen molar-refractivity contribution in [1.82, 2.24) is 0 Å². The van der Waals surface area contributed by atoms with Crippen molar-refractivity contribution in [2.24, 2.45) is 0 Å². The van der Waals surface area contributed by atoms with Crippen molar-refractivity contribution >= 4 is 66.3 Å². The molecule has 15 heteroatoms. The summed E-state index contributed by atoms with van der Waals surface area (Å²) in [5.74, 6) is -2.95. The molecule has 2 aromatic carbocycles. The first-order chi connectivity index (χ1) is 14.2. The summed E-state index contributed by atoms with van der Waals surface area (Å²) in [6.07, 6.45) is 0. The largest absolute Gasteiger partial charge is 0.454 e. The van der Waals surface area contributed by atoms with E-state index in [9.17, 15) is 36.9 Å². The van der Waals surface area contributed by atoms with Crippen molar-refractivity contribution in [3.63, 3.8) is 0 Å². The zero-order valence-electron chi connectivity index (χ0n) is 14.8. The van der Waals surface area contributed by atoms with Crippen LogP contribution in [0.4, 0.5) is 14.5 Å². The smallest absolute Gasteiger partial charge is 0.402 e. The molecule has 0 heterocycles. The Morgan fingerprint density at radius 2 is 1.81 bits per heavy atom. The zero-order valence-corrected chi connectivity index (χ0v) is 19.3. The Morgan fingerprint density at radius 3 is 2.39 bits per heavy atom. The SMILES string of the molecule is O=C(Oc1ccc([N+](=O)[O-])c(C(=O)OCC(F)(F)S(=O)(=O)O)c1)c1cc(I)ccc1Br. The molecule has 0 saturated heterocycles. The molecule has 10 nitrogen and oxygen atoms in total. The average Bonchev–Trinajstić information content (AvgIpc) is 2.66. The fraction of sp³-hybridized carbons (Fsp3) is 0.125. The number of nitro groups is 1. The van der Waals surface area contributed by atoms with Gasteiger partial charge in [-0.1, -0.05) is 0 Å². The van der Waals surface area contributed by atoms with E-state index < -0.39 is 50.1 Å². The summed E-state index contributed by atoms with van der Waals surface area (Å²) >= 11 is 5.11. The van der Waals surface area contributed by atoms with E-state index in [1.165, 1.54) is 6.07 Å². The lowest BCUT2D eigenvalue weighted by Crippen LogP contribution is -2.34. The normalized spacial score (nSPS) is 11.6. The Kier molecular flexibility index (Phi) is 7.66. The summed E-state index contributed by atoms with van der Waals surface area (Å²) in [5.41, 5.74) is -1.67. The molecule has 0 radical (unpaired) electrons. The molecule has 0 aliphatic rings. The van der Waals surface area contributed by atoms with Gasteiger partial charge in [-0.3, -0.25) is 14.7 Å². The van der Waals surface area contributed by atoms with Crippen LogP contribution >= 0.6 is 38.5 Å². The van der Waals surface area contributed by atoms with Gasteiger partial charge in [-0.25, -0.2) is 9.59 Å². The Bertz CT molecular complexity index is 1170. The van der Waals surface area contributed by atoms with E-state index in [2.05, 4.69) is 20.7 Å². The van der Waals surface area contributed by atoms with E-state index >= 15 is 0 Å². The number of ether oxygens (including phenoxy) is 2. The lowest BCUT2D eigenvalue weighted by atomic mass is 10.1. The van der Waals surface area contributed by atoms with Crippen LogP contribution in [0.25, 0.3) is 0 Å². The molecule has 0 amide bonds. The van der Waals surface area contributed by atoms with Gasteiger partial charge in [0.1, 0.15) is 11.3 Å². The van der Waals surface area contributed by atoms with Gasteiger partial charge < -0.3 is 9.47 Å². The molecule has 0 fully saturated rings. The lowest BCUT2D eigenvalue weighted by molar-refractivity contribution is -0.385. The predicted octanol–water partition coefficient (Wildman–Crippen LogP) is 3.82. The quantitative estimate of drug-likeness (QED) is 0.120. The van der Waals surface area contributed by atoms with Gasteiger partial charge in [0.05, 0.1) is 10.5 Å². The van der Waals surface area contributed by atoms with Gasteiger partial charge in [-0.2, -0.15) is 17.2 Å². The molecular formula is C16H9BrF2INO9S. The van der Waals surface area contributed by atoms with Crippen LogP contribution in [0.15, 0.2) is 40.9 Å². The molecule has 0 aliphatic heterocycles. The van der Waals surface area contributed by atoms with Gasteiger partial charge >= 0.3 is 27.3 Å². The van der Waals surface area contributed by atoms with E-state index in [1.54, 1.807) is 12.1 Å². The fourth-order valence-electron chi connectivity index (χ4n) is 2.02. The van der Waals surface area contributed by atoms with E-state index in [4.69, 9.17) is 9.29 Å². The second kappa shape index (κ2) is 9.49. The molecule has 0 spiro atoms. The zero-order chi connectivity index (χ0) is 23.6. The number of hydrogen-bond acceptors (Lipinski definition) is 8. The minimum atomic E-state index is -5.89. The topological polar surface area (TPSA) is 150 Å². The van der Waals surface area contributed by atoms with Crippen LogP contribution in [0.2, 0.25) is 0 Å². The van der Waals surface area contributed by atoms with Crippen molar-refractivity contribution in [1.29, 1.82) is 0 Å². The summed E-state index contributed by atoms with van der Waals surface area (Å²) in [5, 5.41) is 6.29. The first-order valence-corrected chi connectivity index (χ1v) is 11.0. The maximum Gasteiger partial charge on any atom is 0.402 e. The molecule has 0 saturated carbocycles. The molecule has 1 N–H and O–H groups in total. The van der Waals surface area contributed by atoms with E-state index in [-0.39, 0.29) is 11.3 Å². The van der Waals surface area contributed by atoms with Crippen LogP contribution < -0.4 is 4.74 Å². The molecule has 2 aromatic rings. The first-order valence-electron chi connectivity index (χ1n) is 7.70. The fourth-order valence-corrected chi connectivity index (χ4v) is 3.13. The number of halogens is 4. The number of nitro benzene ring substituents is 1. The molecule has 0 atom stereocenters. The maximum atomic E-state index is 13.3. The van der Waals surface area contributed by atoms with E-state index in [0.717, 1.165) is 12.1 Å². The Morgan fingerprint density at radius 1 is 1.16 bits per heavy atom. The van der Waals surface area contributed by atoms with E-state index in [0.29, 0.717) is 14.1 Å². The van der Waals surface area contributed by atoms with Gasteiger partial charge in [-0.05, 0) is 62.8 Å². The minimum Gasteiger partial charge on any atom is -0.454 e. The number of carbonyl (C=O) groups excluding carboxylic acids is 2. The molecule has 31 heavy (non-hydrogen) atoms. The number of carbonyl (C=O) groups is 2. The number of esters is 2. The second-order valence-electron chi connectivity index (χ2n) is 5.64. The Labute approximate surface area is 194 Å². The van der Waals surface area contributed by atoms with Gasteiger partial charge in [-0.15, -0.1) is 0 Å². The van der Waals surface area contributed by atoms with Crippen LogP contribution in [0.3, 0.4) is 0 Å². The van der Waals surface area contributed by atoms with Crippen molar-refractivity contribution in [3.8, 4) is 5.75 Å². The third-order valence-electron chi connectivity index (χ3n) is 3.49. The van der Waals surface area contributed by atoms with Crippen LogP contribution in [0, 0.1) is 13.7 Å². The highest BCUT2D eigenvalue weighted by atomic mass is 127. The van der Waals surface area contributed by atoms with Gasteiger partial charge in [0, 0.05) is 20.2 Å². The Hall–Kier alpha value is -2.24. The predicted molar refractivity (Wildman–Crippen MR) is 112 cm³/mol. The summed E-state index contributed by atoms with van der Waals surface area (Å²) in [7, 11) is -5.89. The first kappa shape index (κ1) is 25.0. The van der Waals surface area contributed by atoms with Crippen molar-refractivity contribution in [3.05, 3.63) is 65.7 Å². The standard InChI is InChI=1S/C16H9BrF2INO9S/c17-12-3-1-8(20)5-10(12)15(23)30-9-2-4-13(21(24)25)11(6-9)14(22)29-7-16(18,19)31(26,27)28/h1-6H,7H2,(H,26,27,28). The van der Waals surface area contributed by atoms with Gasteiger partial charge in [0.15, 0.2) is 6.61 Å². The molecule has 0 aromatic heterocycles. The average molecular weight is 636 g/mol. The Balaban J connectivity index is 2.32. The van der Waals surface area contributed by atoms with Crippen LogP contribution in [-0.4, -0.2) is 41.7 Å². The summed E-state index contributed by atoms with van der Waals surface area (Å²) in [6, 6.07) is 7.21.